The van der Waals surface area contributed by atoms with Crippen LogP contribution in [-0.2, 0) is 0 Å². The van der Waals surface area contributed by atoms with Gasteiger partial charge in [-0.05, 0) is 29.8 Å². The predicted molar refractivity (Wildman–Crippen MR) is 51.8 cm³/mol. The van der Waals surface area contributed by atoms with Crippen LogP contribution in [0, 0.1) is 17.5 Å². The van der Waals surface area contributed by atoms with E-state index in [0.29, 0.717) is 5.56 Å². The van der Waals surface area contributed by atoms with E-state index in [2.05, 4.69) is 0 Å². The van der Waals surface area contributed by atoms with Crippen molar-refractivity contribution >= 4 is 0 Å². The zero-order chi connectivity index (χ0) is 10.8. The third-order valence-corrected chi connectivity index (χ3v) is 2.10. The van der Waals surface area contributed by atoms with Gasteiger partial charge in [-0.3, -0.25) is 0 Å². The molecule has 0 spiro atoms. The minimum absolute atomic E-state index is 0.127. The SMILES string of the molecule is Fc1ccc(-c2c(F)cccc2F)cc1. The molecule has 0 saturated carbocycles. The Balaban J connectivity index is 2.58. The van der Waals surface area contributed by atoms with Crippen LogP contribution in [0.25, 0.3) is 11.1 Å². The van der Waals surface area contributed by atoms with Crippen molar-refractivity contribution in [3.63, 3.8) is 0 Å². The third kappa shape index (κ3) is 1.86. The molecule has 0 aliphatic carbocycles. The summed E-state index contributed by atoms with van der Waals surface area (Å²) in [5.74, 6) is -1.74. The van der Waals surface area contributed by atoms with Crippen molar-refractivity contribution in [1.82, 2.24) is 0 Å². The van der Waals surface area contributed by atoms with Crippen molar-refractivity contribution in [3.8, 4) is 11.1 Å². The van der Waals surface area contributed by atoms with Gasteiger partial charge in [0.05, 0.1) is 5.56 Å². The molecule has 0 heterocycles. The zero-order valence-electron chi connectivity index (χ0n) is 7.68. The number of benzene rings is 2. The van der Waals surface area contributed by atoms with Gasteiger partial charge in [-0.1, -0.05) is 18.2 Å². The maximum atomic E-state index is 13.3. The molecule has 0 amide bonds. The molecule has 2 rings (SSSR count). The van der Waals surface area contributed by atoms with Crippen LogP contribution >= 0.6 is 0 Å². The monoisotopic (exact) mass is 208 g/mol. The fourth-order valence-electron chi connectivity index (χ4n) is 1.39. The molecule has 0 radical (unpaired) electrons. The Morgan fingerprint density at radius 2 is 1.20 bits per heavy atom. The summed E-state index contributed by atoms with van der Waals surface area (Å²) in [4.78, 5) is 0. The quantitative estimate of drug-likeness (QED) is 0.669. The Hall–Kier alpha value is -1.77. The lowest BCUT2D eigenvalue weighted by Gasteiger charge is -2.04. The highest BCUT2D eigenvalue weighted by atomic mass is 19.1. The van der Waals surface area contributed by atoms with E-state index in [4.69, 9.17) is 0 Å². The molecule has 0 aliphatic rings. The Kier molecular flexibility index (Phi) is 2.46. The fourth-order valence-corrected chi connectivity index (χ4v) is 1.39. The first kappa shape index (κ1) is 9.77. The minimum Gasteiger partial charge on any atom is -0.207 e. The molecule has 15 heavy (non-hydrogen) atoms. The normalized spacial score (nSPS) is 10.3. The van der Waals surface area contributed by atoms with Crippen molar-refractivity contribution in [1.29, 1.82) is 0 Å². The summed E-state index contributed by atoms with van der Waals surface area (Å²) in [7, 11) is 0. The average molecular weight is 208 g/mol. The molecule has 0 unspecified atom stereocenters. The lowest BCUT2D eigenvalue weighted by molar-refractivity contribution is 0.589. The third-order valence-electron chi connectivity index (χ3n) is 2.10. The molecular weight excluding hydrogens is 201 g/mol. The molecular formula is C12H7F3. The van der Waals surface area contributed by atoms with Crippen LogP contribution in [0.5, 0.6) is 0 Å². The topological polar surface area (TPSA) is 0 Å². The summed E-state index contributed by atoms with van der Waals surface area (Å²) in [6, 6.07) is 8.65. The summed E-state index contributed by atoms with van der Waals surface area (Å²) in [6.07, 6.45) is 0. The van der Waals surface area contributed by atoms with Crippen LogP contribution < -0.4 is 0 Å². The van der Waals surface area contributed by atoms with Gasteiger partial charge in [0.25, 0.3) is 0 Å². The average Bonchev–Trinajstić information content (AvgIpc) is 2.20. The number of hydrogen-bond acceptors (Lipinski definition) is 0. The van der Waals surface area contributed by atoms with E-state index in [9.17, 15) is 13.2 Å². The Morgan fingerprint density at radius 1 is 0.667 bits per heavy atom. The van der Waals surface area contributed by atoms with Crippen LogP contribution in [0.3, 0.4) is 0 Å². The molecule has 0 atom stereocenters. The molecule has 3 heteroatoms. The van der Waals surface area contributed by atoms with E-state index < -0.39 is 17.5 Å². The van der Waals surface area contributed by atoms with Crippen LogP contribution in [0.1, 0.15) is 0 Å². The van der Waals surface area contributed by atoms with Gasteiger partial charge in [0, 0.05) is 0 Å². The molecule has 0 N–H and O–H groups in total. The first-order valence-electron chi connectivity index (χ1n) is 4.38. The first-order valence-corrected chi connectivity index (χ1v) is 4.38. The van der Waals surface area contributed by atoms with Crippen molar-refractivity contribution in [3.05, 3.63) is 59.9 Å². The molecule has 0 aliphatic heterocycles. The van der Waals surface area contributed by atoms with Gasteiger partial charge < -0.3 is 0 Å². The molecule has 0 nitrogen and oxygen atoms in total. The van der Waals surface area contributed by atoms with Gasteiger partial charge in [-0.2, -0.15) is 0 Å². The van der Waals surface area contributed by atoms with Crippen LogP contribution in [0.4, 0.5) is 13.2 Å². The largest absolute Gasteiger partial charge is 0.207 e. The molecule has 0 fully saturated rings. The summed E-state index contributed by atoms with van der Waals surface area (Å²) >= 11 is 0. The van der Waals surface area contributed by atoms with E-state index in [1.807, 2.05) is 0 Å². The number of rotatable bonds is 1. The highest BCUT2D eigenvalue weighted by Gasteiger charge is 2.10. The maximum absolute atomic E-state index is 13.3. The van der Waals surface area contributed by atoms with Crippen LogP contribution in [0.2, 0.25) is 0 Å². The van der Waals surface area contributed by atoms with E-state index >= 15 is 0 Å². The van der Waals surface area contributed by atoms with Gasteiger partial charge >= 0.3 is 0 Å². The van der Waals surface area contributed by atoms with E-state index in [-0.39, 0.29) is 5.56 Å². The second-order valence-electron chi connectivity index (χ2n) is 3.10. The minimum atomic E-state index is -0.651. The highest BCUT2D eigenvalue weighted by molar-refractivity contribution is 5.64. The molecule has 0 bridgehead atoms. The van der Waals surface area contributed by atoms with E-state index in [0.717, 1.165) is 0 Å². The summed E-state index contributed by atoms with van der Waals surface area (Å²) < 4.78 is 39.2. The summed E-state index contributed by atoms with van der Waals surface area (Å²) in [5.41, 5.74) is 0.199. The zero-order valence-corrected chi connectivity index (χ0v) is 7.68. The van der Waals surface area contributed by atoms with Crippen LogP contribution in [0.15, 0.2) is 42.5 Å². The molecule has 2 aromatic carbocycles. The molecule has 0 aromatic heterocycles. The first-order chi connectivity index (χ1) is 7.18. The smallest absolute Gasteiger partial charge is 0.133 e. The fraction of sp³-hybridized carbons (Fsp3) is 0. The highest BCUT2D eigenvalue weighted by Crippen LogP contribution is 2.25. The number of halogens is 3. The summed E-state index contributed by atoms with van der Waals surface area (Å²) in [5, 5.41) is 0. The van der Waals surface area contributed by atoms with E-state index in [1.165, 1.54) is 42.5 Å². The second-order valence-corrected chi connectivity index (χ2v) is 3.10. The van der Waals surface area contributed by atoms with Crippen molar-refractivity contribution in [2.75, 3.05) is 0 Å². The lowest BCUT2D eigenvalue weighted by atomic mass is 10.0. The Bertz CT molecular complexity index is 454. The molecule has 0 saturated heterocycles. The standard InChI is InChI=1S/C12H7F3/c13-9-6-4-8(5-7-9)12-10(14)2-1-3-11(12)15/h1-7H. The van der Waals surface area contributed by atoms with E-state index in [1.54, 1.807) is 0 Å². The van der Waals surface area contributed by atoms with Gasteiger partial charge in [-0.25, -0.2) is 13.2 Å². The Morgan fingerprint density at radius 3 is 1.73 bits per heavy atom. The molecule has 76 valence electrons. The Labute approximate surface area is 85.0 Å². The summed E-state index contributed by atoms with van der Waals surface area (Å²) in [6.45, 7) is 0. The van der Waals surface area contributed by atoms with Crippen molar-refractivity contribution < 1.29 is 13.2 Å². The second kappa shape index (κ2) is 3.77. The van der Waals surface area contributed by atoms with Crippen molar-refractivity contribution in [2.24, 2.45) is 0 Å². The number of hydrogen-bond donors (Lipinski definition) is 0. The van der Waals surface area contributed by atoms with Crippen LogP contribution in [-0.4, -0.2) is 0 Å². The van der Waals surface area contributed by atoms with Gasteiger partial charge in [0.15, 0.2) is 0 Å². The lowest BCUT2D eigenvalue weighted by Crippen LogP contribution is -1.89. The van der Waals surface area contributed by atoms with Gasteiger partial charge in [0.2, 0.25) is 0 Å². The van der Waals surface area contributed by atoms with Gasteiger partial charge in [0.1, 0.15) is 17.5 Å². The predicted octanol–water partition coefficient (Wildman–Crippen LogP) is 3.77. The maximum Gasteiger partial charge on any atom is 0.133 e. The van der Waals surface area contributed by atoms with Crippen molar-refractivity contribution in [2.45, 2.75) is 0 Å². The van der Waals surface area contributed by atoms with Gasteiger partial charge in [-0.15, -0.1) is 0 Å². The molecule has 2 aromatic rings.